The molecule has 2 aromatic carbocycles. The molecule has 0 saturated carbocycles. The van der Waals surface area contributed by atoms with Crippen LogP contribution < -0.4 is 65.5 Å². The second-order valence-corrected chi connectivity index (χ2v) is 21.0. The van der Waals surface area contributed by atoms with Crippen molar-refractivity contribution in [3.63, 3.8) is 0 Å². The van der Waals surface area contributed by atoms with E-state index in [2.05, 4.69) is 47.5 Å². The predicted molar refractivity (Wildman–Crippen MR) is 296 cm³/mol. The lowest BCUT2D eigenvalue weighted by Gasteiger charge is -2.30. The Balaban J connectivity index is 2.48. The Kier molecular flexibility index (Phi) is 28.9. The maximum Gasteiger partial charge on any atom is 0.326 e. The largest absolute Gasteiger partial charge is 0.481 e. The first-order chi connectivity index (χ1) is 37.5. The van der Waals surface area contributed by atoms with Gasteiger partial charge in [0.15, 0.2) is 5.96 Å². The Bertz CT molecular complexity index is 2450. The van der Waals surface area contributed by atoms with Crippen molar-refractivity contribution in [3.05, 3.63) is 71.8 Å². The van der Waals surface area contributed by atoms with E-state index < -0.39 is 156 Å². The SMILES string of the molecule is CC(C)C[C@H](NC(=O)[C@@H](N)Cc1ccccc1)C(=O)N[C@@H](CC(=O)O)C(=O)N[C@@H](CCC(N)=O)C(=O)N[C@@H](CCCN=C(N)N)C(=O)N[C@H](C(=O)N[C@@H](Cc1ccccc1)C(=O)N[C@H](C(=O)N[C@H](C(=O)O)C(C)C)C(C)C)C(C)C. The number of nitrogens with zero attached hydrogens (tertiary/aromatic N) is 1. The Morgan fingerprint density at radius 2 is 0.875 bits per heavy atom. The number of carboxylic acid groups (broad SMARTS) is 2. The van der Waals surface area contributed by atoms with E-state index in [0.29, 0.717) is 5.56 Å². The van der Waals surface area contributed by atoms with Crippen molar-refractivity contribution in [1.29, 1.82) is 0 Å². The third-order valence-electron chi connectivity index (χ3n) is 12.5. The van der Waals surface area contributed by atoms with Crippen molar-refractivity contribution in [2.45, 2.75) is 161 Å². The molecule has 9 amide bonds. The summed E-state index contributed by atoms with van der Waals surface area (Å²) in [5.41, 5.74) is 24.0. The van der Waals surface area contributed by atoms with Crippen LogP contribution in [0.15, 0.2) is 65.7 Å². The molecule has 442 valence electrons. The molecule has 26 heteroatoms. The average molecular weight is 1120 g/mol. The highest BCUT2D eigenvalue weighted by Gasteiger charge is 2.37. The molecule has 18 N–H and O–H groups in total. The molecule has 0 bridgehead atoms. The van der Waals surface area contributed by atoms with Crippen LogP contribution in [0, 0.1) is 23.7 Å². The third kappa shape index (κ3) is 24.7. The number of carbonyl (C=O) groups is 11. The molecule has 26 nitrogen and oxygen atoms in total. The van der Waals surface area contributed by atoms with Gasteiger partial charge in [-0.05, 0) is 66.9 Å². The summed E-state index contributed by atoms with van der Waals surface area (Å²) in [5.74, 6) is -13.2. The second-order valence-electron chi connectivity index (χ2n) is 21.0. The molecule has 0 aliphatic rings. The molecule has 9 atom stereocenters. The van der Waals surface area contributed by atoms with E-state index in [1.165, 1.54) is 0 Å². The van der Waals surface area contributed by atoms with Gasteiger partial charge in [-0.25, -0.2) is 4.79 Å². The second kappa shape index (κ2) is 34.0. The number of amides is 9. The van der Waals surface area contributed by atoms with Gasteiger partial charge in [0.05, 0.1) is 12.5 Å². The highest BCUT2D eigenvalue weighted by Crippen LogP contribution is 2.14. The number of hydrogen-bond donors (Lipinski definition) is 14. The summed E-state index contributed by atoms with van der Waals surface area (Å²) in [6.07, 6.45) is -2.03. The van der Waals surface area contributed by atoms with E-state index in [1.54, 1.807) is 116 Å². The summed E-state index contributed by atoms with van der Waals surface area (Å²) in [7, 11) is 0. The lowest BCUT2D eigenvalue weighted by Crippen LogP contribution is -2.62. The van der Waals surface area contributed by atoms with Crippen LogP contribution in [-0.4, -0.2) is 142 Å². The zero-order chi connectivity index (χ0) is 60.4. The standard InChI is InChI=1S/C54H83N13O13/c1-28(2)24-37(62-45(71)34(55)25-32-16-11-9-12-17-32)48(74)63-39(27-41(69)70)49(75)61-36(21-22-40(56)68)46(72)60-35(20-15-23-59-54(57)58)47(73)65-42(29(3)4)51(77)64-38(26-33-18-13-10-14-19-33)50(76)66-43(30(5)6)52(78)67-44(31(7)8)53(79)80/h9-14,16-19,28-31,34-39,42-44H,15,20-27,55H2,1-8H3,(H2,56,68)(H,60,72)(H,61,75)(H,62,71)(H,63,74)(H,64,77)(H,65,73)(H,66,76)(H,67,78)(H,69,70)(H,79,80)(H4,57,58,59)/t34-,35-,36-,37-,38-,39-,42-,43-,44-/m0/s1. The predicted octanol–water partition coefficient (Wildman–Crippen LogP) is -1.43. The van der Waals surface area contributed by atoms with E-state index in [-0.39, 0.29) is 50.5 Å². The Morgan fingerprint density at radius 3 is 1.34 bits per heavy atom. The molecular formula is C54H83N13O13. The minimum atomic E-state index is -1.85. The van der Waals surface area contributed by atoms with Crippen LogP contribution in [0.3, 0.4) is 0 Å². The summed E-state index contributed by atoms with van der Waals surface area (Å²) in [4.78, 5) is 152. The molecule has 0 saturated heterocycles. The maximum absolute atomic E-state index is 14.4. The highest BCUT2D eigenvalue weighted by molar-refractivity contribution is 5.99. The Labute approximate surface area is 466 Å². The van der Waals surface area contributed by atoms with Crippen molar-refractivity contribution in [2.75, 3.05) is 6.54 Å². The normalized spacial score (nSPS) is 14.6. The quantitative estimate of drug-likeness (QED) is 0.0214. The molecule has 0 radical (unpaired) electrons. The van der Waals surface area contributed by atoms with Gasteiger partial charge < -0.3 is 75.7 Å². The van der Waals surface area contributed by atoms with Crippen LogP contribution >= 0.6 is 0 Å². The van der Waals surface area contributed by atoms with Gasteiger partial charge in [-0.1, -0.05) is 116 Å². The number of guanidine groups is 1. The number of nitrogens with two attached hydrogens (primary N) is 4. The average Bonchev–Trinajstić information content (AvgIpc) is 3.37. The topological polar surface area (TPSA) is 441 Å². The summed E-state index contributed by atoms with van der Waals surface area (Å²) in [5, 5.41) is 39.9. The fraction of sp³-hybridized carbons (Fsp3) is 0.556. The minimum absolute atomic E-state index is 0.0359. The molecule has 0 fully saturated rings. The highest BCUT2D eigenvalue weighted by atomic mass is 16.4. The van der Waals surface area contributed by atoms with Crippen molar-refractivity contribution < 1.29 is 63.0 Å². The zero-order valence-corrected chi connectivity index (χ0v) is 46.8. The number of carboxylic acids is 2. The number of aliphatic carboxylic acids is 2. The van der Waals surface area contributed by atoms with Gasteiger partial charge >= 0.3 is 11.9 Å². The van der Waals surface area contributed by atoms with Gasteiger partial charge in [0.25, 0.3) is 0 Å². The van der Waals surface area contributed by atoms with Crippen molar-refractivity contribution in [1.82, 2.24) is 42.5 Å². The molecule has 0 unspecified atom stereocenters. The van der Waals surface area contributed by atoms with E-state index >= 15 is 0 Å². The minimum Gasteiger partial charge on any atom is -0.481 e. The van der Waals surface area contributed by atoms with Gasteiger partial charge in [0.2, 0.25) is 53.2 Å². The number of rotatable bonds is 35. The van der Waals surface area contributed by atoms with Crippen molar-refractivity contribution >= 4 is 71.1 Å². The lowest BCUT2D eigenvalue weighted by atomic mass is 9.98. The number of primary amides is 1. The zero-order valence-electron chi connectivity index (χ0n) is 46.8. The molecule has 2 aromatic rings. The van der Waals surface area contributed by atoms with Gasteiger partial charge in [-0.3, -0.25) is 52.9 Å². The summed E-state index contributed by atoms with van der Waals surface area (Å²) < 4.78 is 0. The van der Waals surface area contributed by atoms with Crippen LogP contribution in [0.25, 0.3) is 0 Å². The van der Waals surface area contributed by atoms with Crippen LogP contribution in [0.1, 0.15) is 105 Å². The Hall–Kier alpha value is -8.16. The number of carbonyl (C=O) groups excluding carboxylic acids is 9. The first kappa shape index (κ1) is 67.9. The fourth-order valence-corrected chi connectivity index (χ4v) is 8.13. The first-order valence-electron chi connectivity index (χ1n) is 26.6. The van der Waals surface area contributed by atoms with Crippen molar-refractivity contribution in [2.24, 2.45) is 51.6 Å². The van der Waals surface area contributed by atoms with E-state index in [1.807, 2.05) is 0 Å². The summed E-state index contributed by atoms with van der Waals surface area (Å²) >= 11 is 0. The third-order valence-corrected chi connectivity index (χ3v) is 12.5. The van der Waals surface area contributed by atoms with E-state index in [9.17, 15) is 63.0 Å². The summed E-state index contributed by atoms with van der Waals surface area (Å²) in [6.45, 7) is 13.2. The molecule has 0 aliphatic heterocycles. The molecule has 80 heavy (non-hydrogen) atoms. The molecular weight excluding hydrogens is 1040 g/mol. The number of benzene rings is 2. The summed E-state index contributed by atoms with van der Waals surface area (Å²) in [6, 6.07) is 4.74. The molecule has 0 spiro atoms. The number of hydrogen-bond acceptors (Lipinski definition) is 13. The van der Waals surface area contributed by atoms with Crippen LogP contribution in [0.4, 0.5) is 0 Å². The maximum atomic E-state index is 14.4. The Morgan fingerprint density at radius 1 is 0.475 bits per heavy atom. The number of aliphatic imine (C=N–C) groups is 1. The monoisotopic (exact) mass is 1120 g/mol. The fourth-order valence-electron chi connectivity index (χ4n) is 8.13. The van der Waals surface area contributed by atoms with Gasteiger partial charge in [-0.15, -0.1) is 0 Å². The van der Waals surface area contributed by atoms with E-state index in [4.69, 9.17) is 22.9 Å². The molecule has 0 aromatic heterocycles. The number of nitrogens with one attached hydrogen (secondary N) is 8. The van der Waals surface area contributed by atoms with Crippen molar-refractivity contribution in [3.8, 4) is 0 Å². The van der Waals surface area contributed by atoms with Gasteiger partial charge in [0.1, 0.15) is 48.3 Å². The van der Waals surface area contributed by atoms with Crippen LogP contribution in [-0.2, 0) is 65.6 Å². The molecule has 2 rings (SSSR count). The van der Waals surface area contributed by atoms with Crippen LogP contribution in [0.2, 0.25) is 0 Å². The smallest absolute Gasteiger partial charge is 0.326 e. The van der Waals surface area contributed by atoms with Gasteiger partial charge in [0, 0.05) is 19.4 Å². The van der Waals surface area contributed by atoms with Gasteiger partial charge in [-0.2, -0.15) is 0 Å². The molecule has 0 heterocycles. The first-order valence-corrected chi connectivity index (χ1v) is 26.6. The van der Waals surface area contributed by atoms with Crippen LogP contribution in [0.5, 0.6) is 0 Å². The van der Waals surface area contributed by atoms with E-state index in [0.717, 1.165) is 5.56 Å². The molecule has 0 aliphatic carbocycles. The lowest BCUT2D eigenvalue weighted by molar-refractivity contribution is -0.144.